The van der Waals surface area contributed by atoms with Crippen molar-refractivity contribution in [1.82, 2.24) is 4.98 Å². The summed E-state index contributed by atoms with van der Waals surface area (Å²) < 4.78 is 25.4. The summed E-state index contributed by atoms with van der Waals surface area (Å²) in [5.74, 6) is 0. The van der Waals surface area contributed by atoms with E-state index in [0.29, 0.717) is 3.57 Å². The van der Waals surface area contributed by atoms with E-state index in [1.807, 2.05) is 0 Å². The van der Waals surface area contributed by atoms with Gasteiger partial charge in [-0.15, -0.1) is 0 Å². The number of hydrogen-bond donors (Lipinski definition) is 0. The number of nitrogens with zero attached hydrogens (tertiary/aromatic N) is 1. The van der Waals surface area contributed by atoms with Crippen molar-refractivity contribution in [2.75, 3.05) is 0 Å². The molecule has 0 aliphatic carbocycles. The topological polar surface area (TPSA) is 30.0 Å². The lowest BCUT2D eigenvalue weighted by atomic mass is 10.1. The highest BCUT2D eigenvalue weighted by Crippen LogP contribution is 2.28. The van der Waals surface area contributed by atoms with E-state index in [1.54, 1.807) is 22.6 Å². The van der Waals surface area contributed by atoms with Crippen LogP contribution in [0.3, 0.4) is 0 Å². The Kier molecular flexibility index (Phi) is 3.77. The SMILES string of the molecule is Cc1c(C(=O)Cl)ncc(I)c1C(F)F. The maximum Gasteiger partial charge on any atom is 0.271 e. The van der Waals surface area contributed by atoms with Crippen molar-refractivity contribution in [2.45, 2.75) is 13.3 Å². The zero-order valence-corrected chi connectivity index (χ0v) is 9.94. The van der Waals surface area contributed by atoms with Gasteiger partial charge in [0.2, 0.25) is 0 Å². The Morgan fingerprint density at radius 1 is 1.64 bits per heavy atom. The summed E-state index contributed by atoms with van der Waals surface area (Å²) in [5.41, 5.74) is -0.140. The van der Waals surface area contributed by atoms with E-state index in [0.717, 1.165) is 0 Å². The minimum Gasteiger partial charge on any atom is -0.274 e. The predicted octanol–water partition coefficient (Wildman–Crippen LogP) is 3.31. The monoisotopic (exact) mass is 331 g/mol. The summed E-state index contributed by atoms with van der Waals surface area (Å²) in [6.45, 7) is 1.41. The van der Waals surface area contributed by atoms with Crippen LogP contribution in [-0.4, -0.2) is 10.2 Å². The van der Waals surface area contributed by atoms with Crippen molar-refractivity contribution in [3.63, 3.8) is 0 Å². The molecule has 6 heteroatoms. The highest BCUT2D eigenvalue weighted by Gasteiger charge is 2.20. The molecule has 0 aliphatic rings. The van der Waals surface area contributed by atoms with E-state index in [2.05, 4.69) is 4.98 Å². The smallest absolute Gasteiger partial charge is 0.271 e. The van der Waals surface area contributed by atoms with Crippen molar-refractivity contribution in [2.24, 2.45) is 0 Å². The third-order valence-electron chi connectivity index (χ3n) is 1.73. The maximum absolute atomic E-state index is 12.5. The normalized spacial score (nSPS) is 10.7. The van der Waals surface area contributed by atoms with Gasteiger partial charge in [-0.3, -0.25) is 9.78 Å². The summed E-state index contributed by atoms with van der Waals surface area (Å²) in [4.78, 5) is 14.5. The van der Waals surface area contributed by atoms with Gasteiger partial charge in [-0.25, -0.2) is 8.78 Å². The van der Waals surface area contributed by atoms with E-state index in [4.69, 9.17) is 11.6 Å². The first-order chi connectivity index (χ1) is 6.45. The standard InChI is InChI=1S/C8H5ClF2INO/c1-3-5(8(10)11)4(12)2-13-6(3)7(9)14/h2,8H,1H3. The van der Waals surface area contributed by atoms with Gasteiger partial charge in [-0.05, 0) is 46.7 Å². The number of halogens is 4. The molecule has 0 bridgehead atoms. The van der Waals surface area contributed by atoms with Crippen LogP contribution in [0.1, 0.15) is 28.0 Å². The average Bonchev–Trinajstić information content (AvgIpc) is 2.02. The average molecular weight is 331 g/mol. The van der Waals surface area contributed by atoms with Crippen LogP contribution in [-0.2, 0) is 0 Å². The van der Waals surface area contributed by atoms with Gasteiger partial charge >= 0.3 is 0 Å². The minimum atomic E-state index is -2.63. The molecule has 0 atom stereocenters. The number of carbonyl (C=O) groups excluding carboxylic acids is 1. The van der Waals surface area contributed by atoms with Crippen LogP contribution in [0.5, 0.6) is 0 Å². The molecular weight excluding hydrogens is 326 g/mol. The molecule has 1 rings (SSSR count). The molecule has 0 amide bonds. The number of alkyl halides is 2. The Balaban J connectivity index is 3.41. The zero-order valence-electron chi connectivity index (χ0n) is 7.02. The third kappa shape index (κ3) is 2.20. The van der Waals surface area contributed by atoms with Crippen molar-refractivity contribution in [3.8, 4) is 0 Å². The highest BCUT2D eigenvalue weighted by molar-refractivity contribution is 14.1. The molecule has 0 unspecified atom stereocenters. The van der Waals surface area contributed by atoms with Crippen LogP contribution >= 0.6 is 34.2 Å². The van der Waals surface area contributed by atoms with Crippen LogP contribution in [0.4, 0.5) is 8.78 Å². The largest absolute Gasteiger partial charge is 0.274 e. The van der Waals surface area contributed by atoms with Gasteiger partial charge in [-0.1, -0.05) is 0 Å². The lowest BCUT2D eigenvalue weighted by Gasteiger charge is -2.08. The Bertz CT molecular complexity index is 384. The first kappa shape index (κ1) is 11.8. The summed E-state index contributed by atoms with van der Waals surface area (Å²) in [7, 11) is 0. The zero-order chi connectivity index (χ0) is 10.9. The quantitative estimate of drug-likeness (QED) is 0.615. The number of pyridine rings is 1. The van der Waals surface area contributed by atoms with Gasteiger partial charge < -0.3 is 0 Å². The van der Waals surface area contributed by atoms with Crippen LogP contribution in [0.2, 0.25) is 0 Å². The molecule has 1 aromatic heterocycles. The number of aromatic nitrogens is 1. The lowest BCUT2D eigenvalue weighted by Crippen LogP contribution is -2.04. The second kappa shape index (κ2) is 4.48. The summed E-state index contributed by atoms with van der Waals surface area (Å²) in [5, 5.41) is -0.819. The fourth-order valence-electron chi connectivity index (χ4n) is 1.06. The van der Waals surface area contributed by atoms with Crippen LogP contribution < -0.4 is 0 Å². The molecule has 0 N–H and O–H groups in total. The molecule has 0 fully saturated rings. The minimum absolute atomic E-state index is 0.109. The van der Waals surface area contributed by atoms with Crippen molar-refractivity contribution in [1.29, 1.82) is 0 Å². The first-order valence-electron chi connectivity index (χ1n) is 3.58. The molecule has 2 nitrogen and oxygen atoms in total. The van der Waals surface area contributed by atoms with Crippen LogP contribution in [0.25, 0.3) is 0 Å². The summed E-state index contributed by atoms with van der Waals surface area (Å²) in [6, 6.07) is 0. The van der Waals surface area contributed by atoms with Crippen LogP contribution in [0.15, 0.2) is 6.20 Å². The number of rotatable bonds is 2. The molecule has 0 saturated carbocycles. The molecule has 0 radical (unpaired) electrons. The second-order valence-corrected chi connectivity index (χ2v) is 4.07. The molecule has 0 aromatic carbocycles. The van der Waals surface area contributed by atoms with Gasteiger partial charge in [-0.2, -0.15) is 0 Å². The van der Waals surface area contributed by atoms with E-state index >= 15 is 0 Å². The molecule has 0 spiro atoms. The summed E-state index contributed by atoms with van der Waals surface area (Å²) >= 11 is 6.93. The van der Waals surface area contributed by atoms with Gasteiger partial charge in [0.1, 0.15) is 5.69 Å². The number of carbonyl (C=O) groups is 1. The highest BCUT2D eigenvalue weighted by atomic mass is 127. The van der Waals surface area contributed by atoms with E-state index in [9.17, 15) is 13.6 Å². The van der Waals surface area contributed by atoms with Crippen molar-refractivity contribution >= 4 is 39.4 Å². The predicted molar refractivity (Wildman–Crippen MR) is 56.8 cm³/mol. The third-order valence-corrected chi connectivity index (χ3v) is 2.77. The molecule has 76 valence electrons. The molecule has 1 aromatic rings. The maximum atomic E-state index is 12.5. The van der Waals surface area contributed by atoms with Gasteiger partial charge in [0.25, 0.3) is 11.7 Å². The second-order valence-electron chi connectivity index (χ2n) is 2.57. The van der Waals surface area contributed by atoms with Crippen molar-refractivity contribution < 1.29 is 13.6 Å². The molecule has 0 aliphatic heterocycles. The molecule has 14 heavy (non-hydrogen) atoms. The van der Waals surface area contributed by atoms with Gasteiger partial charge in [0.05, 0.1) is 0 Å². The number of hydrogen-bond acceptors (Lipinski definition) is 2. The Hall–Kier alpha value is -0.300. The van der Waals surface area contributed by atoms with Crippen molar-refractivity contribution in [3.05, 3.63) is 26.6 Å². The Morgan fingerprint density at radius 2 is 2.21 bits per heavy atom. The summed E-state index contributed by atoms with van der Waals surface area (Å²) in [6.07, 6.45) is -1.41. The lowest BCUT2D eigenvalue weighted by molar-refractivity contribution is 0.107. The molecule has 0 saturated heterocycles. The van der Waals surface area contributed by atoms with Crippen LogP contribution in [0, 0.1) is 10.5 Å². The van der Waals surface area contributed by atoms with Gasteiger partial charge in [0, 0.05) is 15.3 Å². The Morgan fingerprint density at radius 3 is 2.64 bits per heavy atom. The first-order valence-corrected chi connectivity index (χ1v) is 5.03. The molecular formula is C8H5ClF2INO. The fraction of sp³-hybridized carbons (Fsp3) is 0.250. The van der Waals surface area contributed by atoms with E-state index in [-0.39, 0.29) is 16.8 Å². The van der Waals surface area contributed by atoms with Gasteiger partial charge in [0.15, 0.2) is 0 Å². The Labute approximate surface area is 97.8 Å². The van der Waals surface area contributed by atoms with E-state index < -0.39 is 11.7 Å². The van der Waals surface area contributed by atoms with E-state index in [1.165, 1.54) is 13.1 Å². The fourth-order valence-corrected chi connectivity index (χ4v) is 2.03. The molecule has 1 heterocycles.